The molecule has 0 bridgehead atoms. The Kier molecular flexibility index (Phi) is 8.44. The standard InChI is InChI=1S/C17H24N2O5S/c1-12-4-6-13(7-5-12)18-14(20)9-25-10-15(21)19-17(2,11-24-3)8-16(22)23/h4-7H,8-11H2,1-3H3,(H,18,20)(H,19,21)(H,22,23). The van der Waals surface area contributed by atoms with E-state index in [1.165, 1.54) is 7.11 Å². The number of aliphatic carboxylic acids is 1. The third-order valence-corrected chi connectivity index (χ3v) is 4.18. The number of carboxylic acids is 1. The number of carbonyl (C=O) groups excluding carboxylic acids is 2. The Hall–Kier alpha value is -2.06. The molecule has 0 aliphatic carbocycles. The highest BCUT2D eigenvalue weighted by Crippen LogP contribution is 2.12. The zero-order valence-electron chi connectivity index (χ0n) is 14.6. The zero-order chi connectivity index (χ0) is 18.9. The highest BCUT2D eigenvalue weighted by Gasteiger charge is 2.29. The van der Waals surface area contributed by atoms with E-state index in [0.29, 0.717) is 5.69 Å². The number of hydrogen-bond acceptors (Lipinski definition) is 5. The summed E-state index contributed by atoms with van der Waals surface area (Å²) in [5, 5.41) is 14.3. The van der Waals surface area contributed by atoms with E-state index in [0.717, 1.165) is 17.3 Å². The first-order valence-corrected chi connectivity index (χ1v) is 8.85. The minimum absolute atomic E-state index is 0.0558. The summed E-state index contributed by atoms with van der Waals surface area (Å²) in [6, 6.07) is 7.42. The molecular formula is C17H24N2O5S. The molecule has 3 N–H and O–H groups in total. The van der Waals surface area contributed by atoms with Crippen LogP contribution in [0.1, 0.15) is 18.9 Å². The highest BCUT2D eigenvalue weighted by atomic mass is 32.2. The average molecular weight is 368 g/mol. The van der Waals surface area contributed by atoms with Gasteiger partial charge in [-0.05, 0) is 26.0 Å². The number of carbonyl (C=O) groups is 3. The van der Waals surface area contributed by atoms with Crippen molar-refractivity contribution in [2.75, 3.05) is 30.5 Å². The second kappa shape index (κ2) is 10.0. The summed E-state index contributed by atoms with van der Waals surface area (Å²) >= 11 is 1.16. The largest absolute Gasteiger partial charge is 0.481 e. The van der Waals surface area contributed by atoms with E-state index in [9.17, 15) is 14.4 Å². The molecule has 1 rings (SSSR count). The van der Waals surface area contributed by atoms with E-state index >= 15 is 0 Å². The van der Waals surface area contributed by atoms with Gasteiger partial charge in [-0.2, -0.15) is 0 Å². The van der Waals surface area contributed by atoms with Crippen molar-refractivity contribution in [1.29, 1.82) is 0 Å². The Bertz CT molecular complexity index is 606. The van der Waals surface area contributed by atoms with Gasteiger partial charge in [0.2, 0.25) is 11.8 Å². The van der Waals surface area contributed by atoms with Crippen LogP contribution in [0.3, 0.4) is 0 Å². The van der Waals surface area contributed by atoms with Crippen LogP contribution in [0.5, 0.6) is 0 Å². The summed E-state index contributed by atoms with van der Waals surface area (Å²) in [5.74, 6) is -1.38. The number of methoxy groups -OCH3 is 1. The summed E-state index contributed by atoms with van der Waals surface area (Å²) in [4.78, 5) is 34.7. The van der Waals surface area contributed by atoms with Gasteiger partial charge in [0.25, 0.3) is 0 Å². The van der Waals surface area contributed by atoms with Gasteiger partial charge < -0.3 is 20.5 Å². The third kappa shape index (κ3) is 8.55. The lowest BCUT2D eigenvalue weighted by Gasteiger charge is -2.28. The van der Waals surface area contributed by atoms with Crippen LogP contribution in [0.4, 0.5) is 5.69 Å². The lowest BCUT2D eigenvalue weighted by molar-refractivity contribution is -0.139. The number of benzene rings is 1. The molecule has 0 heterocycles. The lowest BCUT2D eigenvalue weighted by atomic mass is 9.99. The molecule has 7 nitrogen and oxygen atoms in total. The first-order valence-electron chi connectivity index (χ1n) is 7.70. The average Bonchev–Trinajstić information content (AvgIpc) is 2.48. The minimum Gasteiger partial charge on any atom is -0.481 e. The summed E-state index contributed by atoms with van der Waals surface area (Å²) in [5.41, 5.74) is 0.821. The Labute approximate surface area is 151 Å². The van der Waals surface area contributed by atoms with Gasteiger partial charge in [-0.15, -0.1) is 11.8 Å². The van der Waals surface area contributed by atoms with Gasteiger partial charge in [0.05, 0.1) is 30.1 Å². The number of amides is 2. The predicted octanol–water partition coefficient (Wildman–Crippen LogP) is 1.66. The van der Waals surface area contributed by atoms with Crippen molar-refractivity contribution in [1.82, 2.24) is 5.32 Å². The number of anilines is 1. The molecule has 25 heavy (non-hydrogen) atoms. The summed E-state index contributed by atoms with van der Waals surface area (Å²) < 4.78 is 4.98. The van der Waals surface area contributed by atoms with Crippen LogP contribution >= 0.6 is 11.8 Å². The predicted molar refractivity (Wildman–Crippen MR) is 97.8 cm³/mol. The normalized spacial score (nSPS) is 12.9. The van der Waals surface area contributed by atoms with Gasteiger partial charge >= 0.3 is 5.97 Å². The molecule has 0 aromatic heterocycles. The van der Waals surface area contributed by atoms with Gasteiger partial charge in [-0.3, -0.25) is 14.4 Å². The third-order valence-electron chi connectivity index (χ3n) is 3.25. The molecule has 138 valence electrons. The molecule has 1 aromatic rings. The number of rotatable bonds is 10. The van der Waals surface area contributed by atoms with Gasteiger partial charge in [0, 0.05) is 12.8 Å². The van der Waals surface area contributed by atoms with Crippen molar-refractivity contribution >= 4 is 35.2 Å². The quantitative estimate of drug-likeness (QED) is 0.580. The fourth-order valence-electron chi connectivity index (χ4n) is 2.23. The maximum Gasteiger partial charge on any atom is 0.305 e. The fraction of sp³-hybridized carbons (Fsp3) is 0.471. The summed E-state index contributed by atoms with van der Waals surface area (Å²) in [6.07, 6.45) is -0.245. The molecule has 0 saturated heterocycles. The summed E-state index contributed by atoms with van der Waals surface area (Å²) in [6.45, 7) is 3.66. The SMILES string of the molecule is COCC(C)(CC(=O)O)NC(=O)CSCC(=O)Nc1ccc(C)cc1. The smallest absolute Gasteiger partial charge is 0.305 e. The Morgan fingerprint density at radius 2 is 1.76 bits per heavy atom. The molecule has 0 radical (unpaired) electrons. The van der Waals surface area contributed by atoms with Gasteiger partial charge in [0.15, 0.2) is 0 Å². The van der Waals surface area contributed by atoms with E-state index in [1.807, 2.05) is 31.2 Å². The molecule has 1 atom stereocenters. The van der Waals surface area contributed by atoms with Crippen molar-refractivity contribution in [3.05, 3.63) is 29.8 Å². The fourth-order valence-corrected chi connectivity index (χ4v) is 2.84. The van der Waals surface area contributed by atoms with Crippen LogP contribution in [0, 0.1) is 6.92 Å². The lowest BCUT2D eigenvalue weighted by Crippen LogP contribution is -2.51. The van der Waals surface area contributed by atoms with Crippen LogP contribution in [0.2, 0.25) is 0 Å². The molecule has 2 amide bonds. The topological polar surface area (TPSA) is 105 Å². The number of carboxylic acid groups (broad SMARTS) is 1. The van der Waals surface area contributed by atoms with Crippen LogP contribution < -0.4 is 10.6 Å². The minimum atomic E-state index is -1.02. The maximum atomic E-state index is 12.0. The van der Waals surface area contributed by atoms with Gasteiger partial charge in [0.1, 0.15) is 0 Å². The number of aryl methyl sites for hydroxylation is 1. The van der Waals surface area contributed by atoms with Crippen molar-refractivity contribution in [3.63, 3.8) is 0 Å². The van der Waals surface area contributed by atoms with E-state index < -0.39 is 11.5 Å². The van der Waals surface area contributed by atoms with E-state index in [2.05, 4.69) is 10.6 Å². The van der Waals surface area contributed by atoms with Gasteiger partial charge in [-0.1, -0.05) is 17.7 Å². The first-order chi connectivity index (χ1) is 11.7. The van der Waals surface area contributed by atoms with Crippen LogP contribution in [-0.2, 0) is 19.1 Å². The van der Waals surface area contributed by atoms with Crippen molar-refractivity contribution < 1.29 is 24.2 Å². The monoisotopic (exact) mass is 368 g/mol. The van der Waals surface area contributed by atoms with Crippen LogP contribution in [0.25, 0.3) is 0 Å². The van der Waals surface area contributed by atoms with Crippen molar-refractivity contribution in [2.24, 2.45) is 0 Å². The zero-order valence-corrected chi connectivity index (χ0v) is 15.4. The second-order valence-corrected chi connectivity index (χ2v) is 7.00. The first kappa shape index (κ1) is 21.0. The van der Waals surface area contributed by atoms with Gasteiger partial charge in [-0.25, -0.2) is 0 Å². The van der Waals surface area contributed by atoms with E-state index in [1.54, 1.807) is 6.92 Å². The van der Waals surface area contributed by atoms with E-state index in [-0.39, 0.29) is 36.3 Å². The molecule has 8 heteroatoms. The highest BCUT2D eigenvalue weighted by molar-refractivity contribution is 8.00. The Morgan fingerprint density at radius 1 is 1.16 bits per heavy atom. The number of ether oxygens (including phenoxy) is 1. The molecule has 1 aromatic carbocycles. The second-order valence-electron chi connectivity index (χ2n) is 6.02. The molecule has 0 saturated carbocycles. The molecule has 0 aliphatic rings. The molecule has 0 aliphatic heterocycles. The maximum absolute atomic E-state index is 12.0. The number of nitrogens with one attached hydrogen (secondary N) is 2. The van der Waals surface area contributed by atoms with Crippen LogP contribution in [0.15, 0.2) is 24.3 Å². The molecular weight excluding hydrogens is 344 g/mol. The Balaban J connectivity index is 2.38. The van der Waals surface area contributed by atoms with Crippen LogP contribution in [-0.4, -0.2) is 53.7 Å². The molecule has 1 unspecified atom stereocenters. The summed E-state index contributed by atoms with van der Waals surface area (Å²) in [7, 11) is 1.44. The number of hydrogen-bond donors (Lipinski definition) is 3. The van der Waals surface area contributed by atoms with Crippen molar-refractivity contribution in [2.45, 2.75) is 25.8 Å². The molecule has 0 spiro atoms. The molecule has 0 fully saturated rings. The van der Waals surface area contributed by atoms with Crippen molar-refractivity contribution in [3.8, 4) is 0 Å². The Morgan fingerprint density at radius 3 is 2.32 bits per heavy atom. The number of thioether (sulfide) groups is 1. The van der Waals surface area contributed by atoms with E-state index in [4.69, 9.17) is 9.84 Å².